The number of methoxy groups -OCH3 is 1. The highest BCUT2D eigenvalue weighted by atomic mass is 16.5. The van der Waals surface area contributed by atoms with Crippen molar-refractivity contribution in [3.8, 4) is 5.75 Å². The van der Waals surface area contributed by atoms with E-state index in [1.807, 2.05) is 12.1 Å². The lowest BCUT2D eigenvalue weighted by molar-refractivity contribution is 0.236. The SMILES string of the molecule is COc1ccc(N2CCN(C[C@@H]3CCCN3)CC2)cc1. The zero-order chi connectivity index (χ0) is 13.8. The molecule has 2 fully saturated rings. The number of hydrogen-bond acceptors (Lipinski definition) is 4. The predicted octanol–water partition coefficient (Wildman–Crippen LogP) is 1.57. The zero-order valence-electron chi connectivity index (χ0n) is 12.3. The number of hydrogen-bond donors (Lipinski definition) is 1. The fourth-order valence-corrected chi connectivity index (χ4v) is 3.21. The van der Waals surface area contributed by atoms with Crippen LogP contribution in [0.2, 0.25) is 0 Å². The average molecular weight is 275 g/mol. The summed E-state index contributed by atoms with van der Waals surface area (Å²) in [7, 11) is 1.71. The molecule has 0 amide bonds. The molecule has 3 rings (SSSR count). The highest BCUT2D eigenvalue weighted by Crippen LogP contribution is 2.20. The molecule has 0 aromatic heterocycles. The molecule has 2 heterocycles. The van der Waals surface area contributed by atoms with Crippen LogP contribution in [0.1, 0.15) is 12.8 Å². The van der Waals surface area contributed by atoms with Gasteiger partial charge in [0.1, 0.15) is 5.75 Å². The third-order valence-electron chi connectivity index (χ3n) is 4.45. The first-order chi connectivity index (χ1) is 9.85. The van der Waals surface area contributed by atoms with Crippen LogP contribution in [0.4, 0.5) is 5.69 Å². The Bertz CT molecular complexity index is 406. The Kier molecular flexibility index (Phi) is 4.43. The quantitative estimate of drug-likeness (QED) is 0.903. The molecule has 0 radical (unpaired) electrons. The Balaban J connectivity index is 1.49. The third-order valence-corrected chi connectivity index (χ3v) is 4.45. The van der Waals surface area contributed by atoms with Gasteiger partial charge in [0.2, 0.25) is 0 Å². The minimum absolute atomic E-state index is 0.725. The molecule has 2 saturated heterocycles. The van der Waals surface area contributed by atoms with Crippen LogP contribution in [-0.2, 0) is 0 Å². The van der Waals surface area contributed by atoms with Crippen molar-refractivity contribution < 1.29 is 4.74 Å². The molecule has 1 aromatic carbocycles. The van der Waals surface area contributed by atoms with Gasteiger partial charge in [-0.1, -0.05) is 0 Å². The van der Waals surface area contributed by atoms with E-state index in [2.05, 4.69) is 27.2 Å². The minimum Gasteiger partial charge on any atom is -0.497 e. The summed E-state index contributed by atoms with van der Waals surface area (Å²) in [5.41, 5.74) is 1.31. The standard InChI is InChI=1S/C16H25N3O/c1-20-16-6-4-15(5-7-16)19-11-9-18(10-12-19)13-14-3-2-8-17-14/h4-7,14,17H,2-3,8-13H2,1H3/t14-/m0/s1. The number of nitrogens with one attached hydrogen (secondary N) is 1. The van der Waals surface area contributed by atoms with Crippen LogP contribution in [0.15, 0.2) is 24.3 Å². The molecule has 4 heteroatoms. The Morgan fingerprint density at radius 2 is 1.90 bits per heavy atom. The smallest absolute Gasteiger partial charge is 0.119 e. The number of rotatable bonds is 4. The van der Waals surface area contributed by atoms with E-state index in [1.165, 1.54) is 44.7 Å². The molecule has 1 aromatic rings. The molecular formula is C16H25N3O. The normalized spacial score (nSPS) is 24.1. The van der Waals surface area contributed by atoms with Crippen LogP contribution in [0.3, 0.4) is 0 Å². The first-order valence-electron chi connectivity index (χ1n) is 7.70. The van der Waals surface area contributed by atoms with Gasteiger partial charge < -0.3 is 15.0 Å². The molecule has 4 nitrogen and oxygen atoms in total. The second kappa shape index (κ2) is 6.46. The van der Waals surface area contributed by atoms with E-state index < -0.39 is 0 Å². The fraction of sp³-hybridized carbons (Fsp3) is 0.625. The van der Waals surface area contributed by atoms with E-state index in [0.717, 1.165) is 24.9 Å². The second-order valence-electron chi connectivity index (χ2n) is 5.78. The number of anilines is 1. The average Bonchev–Trinajstić information content (AvgIpc) is 3.01. The maximum Gasteiger partial charge on any atom is 0.119 e. The minimum atomic E-state index is 0.725. The summed E-state index contributed by atoms with van der Waals surface area (Å²) in [6.45, 7) is 7.01. The van der Waals surface area contributed by atoms with Gasteiger partial charge in [-0.05, 0) is 43.7 Å². The lowest BCUT2D eigenvalue weighted by atomic mass is 10.2. The highest BCUT2D eigenvalue weighted by Gasteiger charge is 2.21. The van der Waals surface area contributed by atoms with Gasteiger partial charge in [-0.3, -0.25) is 4.90 Å². The summed E-state index contributed by atoms with van der Waals surface area (Å²) in [5.74, 6) is 0.930. The first kappa shape index (κ1) is 13.7. The summed E-state index contributed by atoms with van der Waals surface area (Å²) in [6.07, 6.45) is 2.69. The van der Waals surface area contributed by atoms with Crippen molar-refractivity contribution in [2.24, 2.45) is 0 Å². The van der Waals surface area contributed by atoms with E-state index in [1.54, 1.807) is 7.11 Å². The van der Waals surface area contributed by atoms with Gasteiger partial charge in [-0.15, -0.1) is 0 Å². The molecule has 1 N–H and O–H groups in total. The van der Waals surface area contributed by atoms with Gasteiger partial charge in [0.15, 0.2) is 0 Å². The number of nitrogens with zero attached hydrogens (tertiary/aromatic N) is 2. The largest absolute Gasteiger partial charge is 0.497 e. The van der Waals surface area contributed by atoms with Crippen LogP contribution in [0, 0.1) is 0 Å². The second-order valence-corrected chi connectivity index (χ2v) is 5.78. The maximum atomic E-state index is 5.21. The summed E-state index contributed by atoms with van der Waals surface area (Å²) < 4.78 is 5.21. The molecule has 1 atom stereocenters. The molecule has 0 saturated carbocycles. The van der Waals surface area contributed by atoms with E-state index in [4.69, 9.17) is 4.74 Å². The lowest BCUT2D eigenvalue weighted by Crippen LogP contribution is -2.49. The van der Waals surface area contributed by atoms with Crippen LogP contribution < -0.4 is 15.0 Å². The van der Waals surface area contributed by atoms with Gasteiger partial charge in [-0.2, -0.15) is 0 Å². The third kappa shape index (κ3) is 3.25. The van der Waals surface area contributed by atoms with Crippen molar-refractivity contribution in [2.45, 2.75) is 18.9 Å². The molecule has 0 aliphatic carbocycles. The van der Waals surface area contributed by atoms with Crippen molar-refractivity contribution in [1.82, 2.24) is 10.2 Å². The molecular weight excluding hydrogens is 250 g/mol. The zero-order valence-corrected chi connectivity index (χ0v) is 12.3. The van der Waals surface area contributed by atoms with Gasteiger partial charge in [0, 0.05) is 44.5 Å². The summed E-state index contributed by atoms with van der Waals surface area (Å²) in [6, 6.07) is 9.14. The maximum absolute atomic E-state index is 5.21. The molecule has 0 bridgehead atoms. The highest BCUT2D eigenvalue weighted by molar-refractivity contribution is 5.49. The number of piperazine rings is 1. The molecule has 20 heavy (non-hydrogen) atoms. The van der Waals surface area contributed by atoms with Gasteiger partial charge in [0.25, 0.3) is 0 Å². The number of ether oxygens (including phenoxy) is 1. The van der Waals surface area contributed by atoms with E-state index in [-0.39, 0.29) is 0 Å². The Morgan fingerprint density at radius 1 is 1.15 bits per heavy atom. The predicted molar refractivity (Wildman–Crippen MR) is 82.7 cm³/mol. The first-order valence-corrected chi connectivity index (χ1v) is 7.70. The molecule has 2 aliphatic heterocycles. The fourth-order valence-electron chi connectivity index (χ4n) is 3.21. The monoisotopic (exact) mass is 275 g/mol. The van der Waals surface area contributed by atoms with Crippen LogP contribution in [0.25, 0.3) is 0 Å². The summed E-state index contributed by atoms with van der Waals surface area (Å²) in [5, 5.41) is 3.59. The molecule has 110 valence electrons. The molecule has 0 unspecified atom stereocenters. The lowest BCUT2D eigenvalue weighted by Gasteiger charge is -2.37. The van der Waals surface area contributed by atoms with Crippen molar-refractivity contribution >= 4 is 5.69 Å². The van der Waals surface area contributed by atoms with Crippen molar-refractivity contribution in [2.75, 3.05) is 51.3 Å². The molecule has 0 spiro atoms. The van der Waals surface area contributed by atoms with E-state index in [9.17, 15) is 0 Å². The topological polar surface area (TPSA) is 27.7 Å². The van der Waals surface area contributed by atoms with Crippen molar-refractivity contribution in [3.63, 3.8) is 0 Å². The van der Waals surface area contributed by atoms with Gasteiger partial charge in [-0.25, -0.2) is 0 Å². The Morgan fingerprint density at radius 3 is 2.50 bits per heavy atom. The van der Waals surface area contributed by atoms with Crippen molar-refractivity contribution in [1.29, 1.82) is 0 Å². The van der Waals surface area contributed by atoms with E-state index >= 15 is 0 Å². The van der Waals surface area contributed by atoms with Crippen molar-refractivity contribution in [3.05, 3.63) is 24.3 Å². The van der Waals surface area contributed by atoms with Crippen LogP contribution in [0.5, 0.6) is 5.75 Å². The summed E-state index contributed by atoms with van der Waals surface area (Å²) >= 11 is 0. The van der Waals surface area contributed by atoms with Gasteiger partial charge >= 0.3 is 0 Å². The van der Waals surface area contributed by atoms with Crippen LogP contribution >= 0.6 is 0 Å². The Labute approximate surface area is 121 Å². The van der Waals surface area contributed by atoms with Crippen LogP contribution in [-0.4, -0.2) is 57.3 Å². The van der Waals surface area contributed by atoms with E-state index in [0.29, 0.717) is 0 Å². The molecule has 2 aliphatic rings. The Hall–Kier alpha value is -1.26. The van der Waals surface area contributed by atoms with Gasteiger partial charge in [0.05, 0.1) is 7.11 Å². The summed E-state index contributed by atoms with van der Waals surface area (Å²) in [4.78, 5) is 5.07. The number of benzene rings is 1.